The maximum atomic E-state index is 11.4. The van der Waals surface area contributed by atoms with Gasteiger partial charge in [0, 0.05) is 6.42 Å². The van der Waals surface area contributed by atoms with Crippen LogP contribution in [0.4, 0.5) is 0 Å². The van der Waals surface area contributed by atoms with Crippen LogP contribution in [0.3, 0.4) is 0 Å². The molecule has 0 aliphatic carbocycles. The molecule has 4 nitrogen and oxygen atoms in total. The lowest BCUT2D eigenvalue weighted by Crippen LogP contribution is -2.56. The Morgan fingerprint density at radius 3 is 2.80 bits per heavy atom. The number of carbonyl (C=O) groups excluding carboxylic acids is 2. The van der Waals surface area contributed by atoms with E-state index in [1.165, 1.54) is 0 Å². The monoisotopic (exact) mass is 206 g/mol. The highest BCUT2D eigenvalue weighted by Gasteiger charge is 2.25. The second-order valence-electron chi connectivity index (χ2n) is 3.22. The quantitative estimate of drug-likeness (QED) is 0.649. The Labute approximate surface area is 88.7 Å². The third kappa shape index (κ3) is 3.09. The van der Waals surface area contributed by atoms with E-state index in [0.29, 0.717) is 6.42 Å². The molecule has 1 atom stereocenters. The molecule has 15 heavy (non-hydrogen) atoms. The van der Waals surface area contributed by atoms with Gasteiger partial charge in [0.25, 0.3) is 0 Å². The van der Waals surface area contributed by atoms with Gasteiger partial charge in [-0.1, -0.05) is 31.4 Å². The van der Waals surface area contributed by atoms with Crippen LogP contribution in [0.2, 0.25) is 0 Å². The highest BCUT2D eigenvalue weighted by molar-refractivity contribution is 5.94. The number of hydrogen-bond acceptors (Lipinski definition) is 2. The summed E-state index contributed by atoms with van der Waals surface area (Å²) in [5, 5.41) is 5.13. The van der Waals surface area contributed by atoms with E-state index in [-0.39, 0.29) is 18.4 Å². The first-order chi connectivity index (χ1) is 7.17. The van der Waals surface area contributed by atoms with Crippen LogP contribution in [0.25, 0.3) is 0 Å². The topological polar surface area (TPSA) is 58.2 Å². The molecule has 1 aliphatic heterocycles. The van der Waals surface area contributed by atoms with Gasteiger partial charge in [0.15, 0.2) is 0 Å². The predicted molar refractivity (Wildman–Crippen MR) is 58.0 cm³/mol. The standard InChI is InChI=1S/C11H14N2O2/c1-3-5-8(4-2)6-9-11(15)12-7-10(14)13-9/h3-5,9H,1-2,6-7H2,(H,12,15)(H,13,14)/b8-5+. The Morgan fingerprint density at radius 2 is 2.20 bits per heavy atom. The third-order valence-electron chi connectivity index (χ3n) is 2.11. The predicted octanol–water partition coefficient (Wildman–Crippen LogP) is 0.289. The number of allylic oxidation sites excluding steroid dienone is 3. The van der Waals surface area contributed by atoms with E-state index in [2.05, 4.69) is 23.8 Å². The van der Waals surface area contributed by atoms with E-state index in [1.807, 2.05) is 0 Å². The van der Waals surface area contributed by atoms with Crippen molar-refractivity contribution < 1.29 is 9.59 Å². The van der Waals surface area contributed by atoms with Gasteiger partial charge >= 0.3 is 0 Å². The number of rotatable bonds is 4. The molecular formula is C11H14N2O2. The molecule has 0 aromatic carbocycles. The number of nitrogens with one attached hydrogen (secondary N) is 2. The lowest BCUT2D eigenvalue weighted by atomic mass is 10.0. The first-order valence-electron chi connectivity index (χ1n) is 4.68. The fourth-order valence-corrected chi connectivity index (χ4v) is 1.35. The molecule has 0 aromatic heterocycles. The minimum Gasteiger partial charge on any atom is -0.345 e. The molecule has 0 saturated carbocycles. The van der Waals surface area contributed by atoms with Crippen molar-refractivity contribution in [3.05, 3.63) is 37.0 Å². The van der Waals surface area contributed by atoms with Gasteiger partial charge in [-0.3, -0.25) is 9.59 Å². The lowest BCUT2D eigenvalue weighted by molar-refractivity contribution is -0.133. The zero-order chi connectivity index (χ0) is 11.3. The molecular weight excluding hydrogens is 192 g/mol. The molecule has 1 fully saturated rings. The Balaban J connectivity index is 2.66. The van der Waals surface area contributed by atoms with Gasteiger partial charge in [-0.15, -0.1) is 0 Å². The van der Waals surface area contributed by atoms with Crippen LogP contribution in [0.5, 0.6) is 0 Å². The molecule has 0 aromatic rings. The van der Waals surface area contributed by atoms with Crippen molar-refractivity contribution in [2.75, 3.05) is 6.54 Å². The minimum atomic E-state index is -0.504. The van der Waals surface area contributed by atoms with Crippen molar-refractivity contribution in [3.8, 4) is 0 Å². The van der Waals surface area contributed by atoms with Crippen LogP contribution in [-0.2, 0) is 9.59 Å². The van der Waals surface area contributed by atoms with Gasteiger partial charge in [-0.05, 0) is 5.57 Å². The highest BCUT2D eigenvalue weighted by atomic mass is 16.2. The molecule has 1 rings (SSSR count). The van der Waals surface area contributed by atoms with E-state index in [1.54, 1.807) is 18.2 Å². The van der Waals surface area contributed by atoms with Gasteiger partial charge < -0.3 is 10.6 Å². The van der Waals surface area contributed by atoms with Crippen LogP contribution in [0.15, 0.2) is 37.0 Å². The van der Waals surface area contributed by atoms with Gasteiger partial charge in [0.05, 0.1) is 6.54 Å². The first kappa shape index (κ1) is 11.2. The summed E-state index contributed by atoms with van der Waals surface area (Å²) in [5.74, 6) is -0.326. The molecule has 0 spiro atoms. The maximum absolute atomic E-state index is 11.4. The van der Waals surface area contributed by atoms with Crippen molar-refractivity contribution in [2.24, 2.45) is 0 Å². The summed E-state index contributed by atoms with van der Waals surface area (Å²) in [7, 11) is 0. The van der Waals surface area contributed by atoms with E-state index < -0.39 is 6.04 Å². The molecule has 2 amide bonds. The van der Waals surface area contributed by atoms with Crippen LogP contribution in [-0.4, -0.2) is 24.4 Å². The second kappa shape index (κ2) is 5.14. The Bertz CT molecular complexity index is 331. The van der Waals surface area contributed by atoms with Gasteiger partial charge in [-0.25, -0.2) is 0 Å². The van der Waals surface area contributed by atoms with Crippen LogP contribution < -0.4 is 10.6 Å². The summed E-state index contributed by atoms with van der Waals surface area (Å²) < 4.78 is 0. The van der Waals surface area contributed by atoms with E-state index >= 15 is 0 Å². The minimum absolute atomic E-state index is 0.0595. The molecule has 4 heteroatoms. The van der Waals surface area contributed by atoms with E-state index in [4.69, 9.17) is 0 Å². The zero-order valence-corrected chi connectivity index (χ0v) is 8.45. The SMILES string of the molecule is C=C/C=C(\C=C)CC1NC(=O)CNC1=O. The Hall–Kier alpha value is -1.84. The summed E-state index contributed by atoms with van der Waals surface area (Å²) >= 11 is 0. The zero-order valence-electron chi connectivity index (χ0n) is 8.45. The Kier molecular flexibility index (Phi) is 3.85. The van der Waals surface area contributed by atoms with Crippen molar-refractivity contribution in [1.29, 1.82) is 0 Å². The van der Waals surface area contributed by atoms with Crippen LogP contribution >= 0.6 is 0 Å². The second-order valence-corrected chi connectivity index (χ2v) is 3.22. The third-order valence-corrected chi connectivity index (χ3v) is 2.11. The lowest BCUT2D eigenvalue weighted by Gasteiger charge is -2.23. The van der Waals surface area contributed by atoms with Gasteiger partial charge in [-0.2, -0.15) is 0 Å². The normalized spacial score (nSPS) is 21.6. The molecule has 1 unspecified atom stereocenters. The summed E-state index contributed by atoms with van der Waals surface area (Å²) in [6, 6.07) is -0.504. The average Bonchev–Trinajstić information content (AvgIpc) is 2.22. The molecule has 2 N–H and O–H groups in total. The van der Waals surface area contributed by atoms with Gasteiger partial charge in [0.2, 0.25) is 11.8 Å². The molecule has 1 saturated heterocycles. The highest BCUT2D eigenvalue weighted by Crippen LogP contribution is 2.08. The summed E-state index contributed by atoms with van der Waals surface area (Å²) in [6.07, 6.45) is 5.48. The molecule has 0 radical (unpaired) electrons. The maximum Gasteiger partial charge on any atom is 0.243 e. The fourth-order valence-electron chi connectivity index (χ4n) is 1.35. The van der Waals surface area contributed by atoms with E-state index in [0.717, 1.165) is 5.57 Å². The molecule has 80 valence electrons. The van der Waals surface area contributed by atoms with Crippen molar-refractivity contribution >= 4 is 11.8 Å². The van der Waals surface area contributed by atoms with Gasteiger partial charge in [0.1, 0.15) is 6.04 Å². The largest absolute Gasteiger partial charge is 0.345 e. The smallest absolute Gasteiger partial charge is 0.243 e. The molecule has 1 aliphatic rings. The number of carbonyl (C=O) groups is 2. The molecule has 1 heterocycles. The number of piperazine rings is 1. The number of hydrogen-bond donors (Lipinski definition) is 2. The van der Waals surface area contributed by atoms with E-state index in [9.17, 15) is 9.59 Å². The average molecular weight is 206 g/mol. The van der Waals surface area contributed by atoms with Crippen molar-refractivity contribution in [1.82, 2.24) is 10.6 Å². The van der Waals surface area contributed by atoms with Crippen molar-refractivity contribution in [3.63, 3.8) is 0 Å². The summed E-state index contributed by atoms with van der Waals surface area (Å²) in [6.45, 7) is 7.25. The van der Waals surface area contributed by atoms with Crippen LogP contribution in [0, 0.1) is 0 Å². The summed E-state index contributed by atoms with van der Waals surface area (Å²) in [5.41, 5.74) is 0.868. The summed E-state index contributed by atoms with van der Waals surface area (Å²) in [4.78, 5) is 22.4. The Morgan fingerprint density at radius 1 is 1.47 bits per heavy atom. The number of amides is 2. The first-order valence-corrected chi connectivity index (χ1v) is 4.68. The van der Waals surface area contributed by atoms with Crippen molar-refractivity contribution in [2.45, 2.75) is 12.5 Å². The molecule has 0 bridgehead atoms. The fraction of sp³-hybridized carbons (Fsp3) is 0.273. The van der Waals surface area contributed by atoms with Crippen LogP contribution in [0.1, 0.15) is 6.42 Å².